The minimum atomic E-state index is -0.215. The molecule has 1 fully saturated rings. The molecule has 0 amide bonds. The number of rotatable bonds is 1. The number of nitrogens with one attached hydrogen (secondary N) is 1. The molecule has 1 aliphatic rings. The minimum Gasteiger partial charge on any atom is -0.391 e. The average Bonchev–Trinajstić information content (AvgIpc) is 2.53. The van der Waals surface area contributed by atoms with Crippen LogP contribution < -0.4 is 5.32 Å². The van der Waals surface area contributed by atoms with Gasteiger partial charge in [-0.25, -0.2) is 0 Å². The lowest BCUT2D eigenvalue weighted by molar-refractivity contribution is 0.178. The van der Waals surface area contributed by atoms with E-state index in [0.29, 0.717) is 0 Å². The molecule has 2 rings (SSSR count). The summed E-state index contributed by atoms with van der Waals surface area (Å²) in [6, 6.07) is 10.2. The van der Waals surface area contributed by atoms with Gasteiger partial charge in [0.15, 0.2) is 0 Å². The summed E-state index contributed by atoms with van der Waals surface area (Å²) in [5, 5.41) is 12.8. The zero-order valence-electron chi connectivity index (χ0n) is 6.90. The van der Waals surface area contributed by atoms with Gasteiger partial charge in [-0.3, -0.25) is 0 Å². The maximum Gasteiger partial charge on any atom is 0.0745 e. The standard InChI is InChI=1S/C10H13NO/c12-10-7-11-6-9(10)8-4-2-1-3-5-8/h1-5,9-12H,6-7H2/t9-,10-/m1/s1. The highest BCUT2D eigenvalue weighted by Gasteiger charge is 2.25. The van der Waals surface area contributed by atoms with E-state index in [0.717, 1.165) is 13.1 Å². The fraction of sp³-hybridized carbons (Fsp3) is 0.400. The van der Waals surface area contributed by atoms with Crippen LogP contribution in [0, 0.1) is 0 Å². The van der Waals surface area contributed by atoms with Gasteiger partial charge < -0.3 is 10.4 Å². The van der Waals surface area contributed by atoms with Crippen molar-refractivity contribution in [3.05, 3.63) is 35.9 Å². The first-order valence-corrected chi connectivity index (χ1v) is 4.31. The van der Waals surface area contributed by atoms with Crippen LogP contribution in [0.5, 0.6) is 0 Å². The van der Waals surface area contributed by atoms with Gasteiger partial charge in [0.2, 0.25) is 0 Å². The molecule has 2 atom stereocenters. The molecule has 0 saturated carbocycles. The fourth-order valence-corrected chi connectivity index (χ4v) is 1.71. The Morgan fingerprint density at radius 2 is 1.92 bits per heavy atom. The molecule has 2 N–H and O–H groups in total. The summed E-state index contributed by atoms with van der Waals surface area (Å²) in [5.74, 6) is 0.284. The molecule has 0 bridgehead atoms. The minimum absolute atomic E-state index is 0.215. The average molecular weight is 163 g/mol. The Labute approximate surface area is 72.2 Å². The fourth-order valence-electron chi connectivity index (χ4n) is 1.71. The van der Waals surface area contributed by atoms with E-state index in [2.05, 4.69) is 17.4 Å². The van der Waals surface area contributed by atoms with Gasteiger partial charge in [0.05, 0.1) is 6.10 Å². The van der Waals surface area contributed by atoms with Gasteiger partial charge in [0.1, 0.15) is 0 Å². The van der Waals surface area contributed by atoms with E-state index < -0.39 is 0 Å². The van der Waals surface area contributed by atoms with Crippen LogP contribution in [0.15, 0.2) is 30.3 Å². The predicted octanol–water partition coefficient (Wildman–Crippen LogP) is 0.734. The molecule has 0 aliphatic carbocycles. The number of benzene rings is 1. The smallest absolute Gasteiger partial charge is 0.0745 e. The third-order valence-electron chi connectivity index (χ3n) is 2.41. The Morgan fingerprint density at radius 1 is 1.17 bits per heavy atom. The second-order valence-electron chi connectivity index (χ2n) is 3.24. The van der Waals surface area contributed by atoms with E-state index in [1.165, 1.54) is 5.56 Å². The summed E-state index contributed by atoms with van der Waals surface area (Å²) in [4.78, 5) is 0. The third-order valence-corrected chi connectivity index (χ3v) is 2.41. The molecule has 2 nitrogen and oxygen atoms in total. The molecule has 2 heteroatoms. The van der Waals surface area contributed by atoms with Crippen molar-refractivity contribution < 1.29 is 5.11 Å². The lowest BCUT2D eigenvalue weighted by Gasteiger charge is -2.12. The SMILES string of the molecule is O[C@@H]1CNC[C@@H]1c1ccccc1. The highest BCUT2D eigenvalue weighted by Crippen LogP contribution is 2.21. The molecule has 0 spiro atoms. The zero-order chi connectivity index (χ0) is 8.39. The predicted molar refractivity (Wildman–Crippen MR) is 48.1 cm³/mol. The van der Waals surface area contributed by atoms with E-state index >= 15 is 0 Å². The lowest BCUT2D eigenvalue weighted by atomic mass is 9.96. The first kappa shape index (κ1) is 7.77. The molecule has 0 unspecified atom stereocenters. The van der Waals surface area contributed by atoms with Gasteiger partial charge in [0.25, 0.3) is 0 Å². The van der Waals surface area contributed by atoms with Crippen LogP contribution >= 0.6 is 0 Å². The Kier molecular flexibility index (Phi) is 2.11. The van der Waals surface area contributed by atoms with E-state index in [9.17, 15) is 5.11 Å². The summed E-state index contributed by atoms with van der Waals surface area (Å²) >= 11 is 0. The van der Waals surface area contributed by atoms with Gasteiger partial charge >= 0.3 is 0 Å². The van der Waals surface area contributed by atoms with E-state index in [4.69, 9.17) is 0 Å². The number of β-amino-alcohol motifs (C(OH)–C–C–N with tert-alkyl or cyclic N) is 1. The van der Waals surface area contributed by atoms with Crippen LogP contribution in [0.25, 0.3) is 0 Å². The number of aliphatic hydroxyl groups excluding tert-OH is 1. The van der Waals surface area contributed by atoms with Crippen molar-refractivity contribution in [3.8, 4) is 0 Å². The van der Waals surface area contributed by atoms with E-state index in [1.807, 2.05) is 18.2 Å². The van der Waals surface area contributed by atoms with Crippen LogP contribution in [0.1, 0.15) is 11.5 Å². The van der Waals surface area contributed by atoms with Gasteiger partial charge in [-0.1, -0.05) is 30.3 Å². The van der Waals surface area contributed by atoms with Gasteiger partial charge in [-0.05, 0) is 5.56 Å². The van der Waals surface area contributed by atoms with Crippen LogP contribution in [0.3, 0.4) is 0 Å². The number of hydrogen-bond donors (Lipinski definition) is 2. The summed E-state index contributed by atoms with van der Waals surface area (Å²) in [7, 11) is 0. The molecule has 0 aromatic heterocycles. The molecule has 1 heterocycles. The van der Waals surface area contributed by atoms with Crippen LogP contribution in [-0.2, 0) is 0 Å². The first-order chi connectivity index (χ1) is 5.88. The topological polar surface area (TPSA) is 32.3 Å². The molecule has 1 saturated heterocycles. The second kappa shape index (κ2) is 3.25. The van der Waals surface area contributed by atoms with Crippen molar-refractivity contribution in [1.29, 1.82) is 0 Å². The molecule has 1 aromatic carbocycles. The Bertz CT molecular complexity index is 247. The maximum absolute atomic E-state index is 9.58. The van der Waals surface area contributed by atoms with Crippen molar-refractivity contribution in [3.63, 3.8) is 0 Å². The molecular weight excluding hydrogens is 150 g/mol. The van der Waals surface area contributed by atoms with Crippen molar-refractivity contribution in [2.45, 2.75) is 12.0 Å². The molecular formula is C10H13NO. The van der Waals surface area contributed by atoms with Crippen molar-refractivity contribution in [2.24, 2.45) is 0 Å². The summed E-state index contributed by atoms with van der Waals surface area (Å²) in [6.07, 6.45) is -0.215. The van der Waals surface area contributed by atoms with Gasteiger partial charge in [-0.15, -0.1) is 0 Å². The molecule has 12 heavy (non-hydrogen) atoms. The van der Waals surface area contributed by atoms with Crippen LogP contribution in [-0.4, -0.2) is 24.3 Å². The summed E-state index contributed by atoms with van der Waals surface area (Å²) < 4.78 is 0. The first-order valence-electron chi connectivity index (χ1n) is 4.31. The summed E-state index contributed by atoms with van der Waals surface area (Å²) in [6.45, 7) is 1.62. The van der Waals surface area contributed by atoms with E-state index in [1.54, 1.807) is 0 Å². The summed E-state index contributed by atoms with van der Waals surface area (Å²) in [5.41, 5.74) is 1.23. The zero-order valence-corrected chi connectivity index (χ0v) is 6.90. The number of hydrogen-bond acceptors (Lipinski definition) is 2. The maximum atomic E-state index is 9.58. The van der Waals surface area contributed by atoms with Crippen molar-refractivity contribution >= 4 is 0 Å². The normalized spacial score (nSPS) is 29.1. The van der Waals surface area contributed by atoms with Crippen LogP contribution in [0.2, 0.25) is 0 Å². The Hall–Kier alpha value is -0.860. The highest BCUT2D eigenvalue weighted by molar-refractivity contribution is 5.22. The Balaban J connectivity index is 2.19. The van der Waals surface area contributed by atoms with Gasteiger partial charge in [0, 0.05) is 19.0 Å². The largest absolute Gasteiger partial charge is 0.391 e. The lowest BCUT2D eigenvalue weighted by Crippen LogP contribution is -2.15. The van der Waals surface area contributed by atoms with Gasteiger partial charge in [-0.2, -0.15) is 0 Å². The molecule has 64 valence electrons. The third kappa shape index (κ3) is 1.36. The Morgan fingerprint density at radius 3 is 2.50 bits per heavy atom. The quantitative estimate of drug-likeness (QED) is 0.640. The number of aliphatic hydroxyl groups is 1. The van der Waals surface area contributed by atoms with Crippen molar-refractivity contribution in [1.82, 2.24) is 5.32 Å². The molecule has 1 aliphatic heterocycles. The molecule has 1 aromatic rings. The monoisotopic (exact) mass is 163 g/mol. The van der Waals surface area contributed by atoms with Crippen LogP contribution in [0.4, 0.5) is 0 Å². The van der Waals surface area contributed by atoms with Crippen molar-refractivity contribution in [2.75, 3.05) is 13.1 Å². The molecule has 0 radical (unpaired) electrons. The second-order valence-corrected chi connectivity index (χ2v) is 3.24. The van der Waals surface area contributed by atoms with E-state index in [-0.39, 0.29) is 12.0 Å². The highest BCUT2D eigenvalue weighted by atomic mass is 16.3.